The summed E-state index contributed by atoms with van der Waals surface area (Å²) in [4.78, 5) is 55.1. The number of carbonyl (C=O) groups excluding carboxylic acids is 4. The number of rotatable bonds is 19. The Kier molecular flexibility index (Phi) is 13.0. The molecule has 0 bridgehead atoms. The topological polar surface area (TPSA) is 166 Å². The number of hydrogen-bond donors (Lipinski definition) is 4. The van der Waals surface area contributed by atoms with Crippen LogP contribution in [-0.2, 0) is 36.9 Å². The summed E-state index contributed by atoms with van der Waals surface area (Å²) < 4.78 is 12.0. The van der Waals surface area contributed by atoms with E-state index >= 15 is 0 Å². The minimum absolute atomic E-state index is 0.0426. The summed E-state index contributed by atoms with van der Waals surface area (Å²) in [7, 11) is 0. The highest BCUT2D eigenvalue weighted by molar-refractivity contribution is 5.93. The van der Waals surface area contributed by atoms with Crippen LogP contribution in [0.5, 0.6) is 0 Å². The summed E-state index contributed by atoms with van der Waals surface area (Å²) in [6, 6.07) is 22.5. The first-order valence-electron chi connectivity index (χ1n) is 19.6. The molecular weight excluding hydrogens is 683 g/mol. The third-order valence-corrected chi connectivity index (χ3v) is 11.3. The first-order chi connectivity index (χ1) is 26.2. The van der Waals surface area contributed by atoms with Gasteiger partial charge in [-0.25, -0.2) is 4.79 Å². The van der Waals surface area contributed by atoms with Gasteiger partial charge in [0.15, 0.2) is 0 Å². The number of likely N-dealkylation sites (tertiary alicyclic amines) is 1. The van der Waals surface area contributed by atoms with Crippen LogP contribution in [0.3, 0.4) is 0 Å². The molecule has 0 radical (unpaired) electrons. The quantitative estimate of drug-likeness (QED) is 0.132. The molecule has 4 amide bonds. The lowest BCUT2D eigenvalue weighted by Gasteiger charge is -2.33. The number of unbranched alkanes of at least 4 members (excludes halogenated alkanes) is 1. The molecular formula is C43H55N5O6. The van der Waals surface area contributed by atoms with E-state index in [9.17, 15) is 19.2 Å². The number of amides is 4. The summed E-state index contributed by atoms with van der Waals surface area (Å²) >= 11 is 0. The summed E-state index contributed by atoms with van der Waals surface area (Å²) in [5.74, 6) is -0.854. The van der Waals surface area contributed by atoms with Crippen molar-refractivity contribution < 1.29 is 28.7 Å². The Morgan fingerprint density at radius 2 is 1.56 bits per heavy atom. The van der Waals surface area contributed by atoms with Crippen LogP contribution in [0, 0.1) is 11.8 Å². The van der Waals surface area contributed by atoms with E-state index < -0.39 is 36.2 Å². The molecule has 1 heterocycles. The second kappa shape index (κ2) is 18.1. The van der Waals surface area contributed by atoms with Crippen LogP contribution >= 0.6 is 0 Å². The van der Waals surface area contributed by atoms with Crippen molar-refractivity contribution in [3.05, 3.63) is 95.1 Å². The van der Waals surface area contributed by atoms with Crippen LogP contribution in [0.1, 0.15) is 87.0 Å². The molecule has 1 saturated heterocycles. The van der Waals surface area contributed by atoms with Gasteiger partial charge in [-0.1, -0.05) is 92.6 Å². The molecule has 288 valence electrons. The number of alkyl carbamates (subject to hydrolysis) is 1. The van der Waals surface area contributed by atoms with Gasteiger partial charge in [0.1, 0.15) is 18.7 Å². The van der Waals surface area contributed by atoms with Gasteiger partial charge in [0, 0.05) is 18.9 Å². The average Bonchev–Trinajstić information content (AvgIpc) is 3.72. The highest BCUT2D eigenvalue weighted by Gasteiger charge is 2.57. The van der Waals surface area contributed by atoms with Crippen molar-refractivity contribution in [2.75, 3.05) is 19.7 Å². The molecule has 2 fully saturated rings. The van der Waals surface area contributed by atoms with Crippen molar-refractivity contribution in [2.45, 2.75) is 102 Å². The number of fused-ring (bicyclic) bond motifs is 4. The Balaban J connectivity index is 1.08. The largest absolute Gasteiger partial charge is 0.449 e. The van der Waals surface area contributed by atoms with Gasteiger partial charge in [0.2, 0.25) is 17.7 Å². The van der Waals surface area contributed by atoms with Gasteiger partial charge in [-0.2, -0.15) is 0 Å². The number of nitrogens with one attached hydrogen (secondary N) is 2. The van der Waals surface area contributed by atoms with E-state index in [1.54, 1.807) is 4.90 Å². The number of ether oxygens (including phenoxy) is 2. The summed E-state index contributed by atoms with van der Waals surface area (Å²) in [6.45, 7) is 5.48. The molecule has 6 N–H and O–H groups in total. The maximum Gasteiger partial charge on any atom is 0.407 e. The first-order valence-corrected chi connectivity index (χ1v) is 19.6. The van der Waals surface area contributed by atoms with E-state index in [4.69, 9.17) is 20.9 Å². The van der Waals surface area contributed by atoms with Gasteiger partial charge >= 0.3 is 6.09 Å². The van der Waals surface area contributed by atoms with Crippen LogP contribution in [0.15, 0.2) is 72.8 Å². The zero-order valence-electron chi connectivity index (χ0n) is 31.5. The minimum Gasteiger partial charge on any atom is -0.449 e. The fourth-order valence-electron chi connectivity index (χ4n) is 8.12. The number of piperidine rings is 1. The molecule has 54 heavy (non-hydrogen) atoms. The maximum absolute atomic E-state index is 14.2. The van der Waals surface area contributed by atoms with E-state index in [1.807, 2.05) is 50.2 Å². The predicted octanol–water partition coefficient (Wildman–Crippen LogP) is 5.18. The van der Waals surface area contributed by atoms with Crippen molar-refractivity contribution in [3.63, 3.8) is 0 Å². The number of nitrogens with zero attached hydrogens (tertiary/aromatic N) is 1. The molecule has 0 aromatic heterocycles. The van der Waals surface area contributed by atoms with E-state index in [0.29, 0.717) is 32.5 Å². The zero-order valence-corrected chi connectivity index (χ0v) is 31.5. The molecule has 0 unspecified atom stereocenters. The summed E-state index contributed by atoms with van der Waals surface area (Å²) in [6.07, 6.45) is 3.99. The normalized spacial score (nSPS) is 19.9. The third-order valence-electron chi connectivity index (χ3n) is 11.3. The Bertz CT molecular complexity index is 1740. The van der Waals surface area contributed by atoms with Crippen LogP contribution in [-0.4, -0.2) is 72.6 Å². The Hall–Kier alpha value is -4.74. The molecule has 6 atom stereocenters. The van der Waals surface area contributed by atoms with Crippen molar-refractivity contribution in [2.24, 2.45) is 23.3 Å². The standard InChI is InChI=1S/C43H55N5O6/c1-3-4-15-38(47-43(52)54-26-36-33-13-7-5-11-31(33)32-12-6-8-14-34(32)36)42(51)48-24-30-23-35(30)40(48)41(50)46-37(20-21-39(45)49)27(2)53-25-29-18-16-28(17-19-29)10-9-22-44/h5-8,11-14,16-19,27,30,35-38,40H,3-4,9-10,15,20-26,44H2,1-2H3,(H2,45,49)(H,46,50)(H,47,52)/t27-,30-,35-,37+,38+,40+/m1/s1. The Labute approximate surface area is 318 Å². The fourth-order valence-corrected chi connectivity index (χ4v) is 8.12. The second-order valence-corrected chi connectivity index (χ2v) is 15.1. The summed E-state index contributed by atoms with van der Waals surface area (Å²) in [5.41, 5.74) is 17.9. The lowest BCUT2D eigenvalue weighted by Crippen LogP contribution is -2.57. The van der Waals surface area contributed by atoms with E-state index in [-0.39, 0.29) is 42.6 Å². The van der Waals surface area contributed by atoms with E-state index in [1.165, 1.54) is 5.56 Å². The number of carbonyl (C=O) groups is 4. The van der Waals surface area contributed by atoms with Gasteiger partial charge in [0.05, 0.1) is 18.8 Å². The lowest BCUT2D eigenvalue weighted by molar-refractivity contribution is -0.142. The molecule has 3 aromatic carbocycles. The highest BCUT2D eigenvalue weighted by Crippen LogP contribution is 2.50. The number of primary amides is 1. The molecule has 2 aliphatic carbocycles. The first kappa shape index (κ1) is 39.0. The lowest BCUT2D eigenvalue weighted by atomic mass is 9.98. The van der Waals surface area contributed by atoms with Crippen LogP contribution in [0.25, 0.3) is 11.1 Å². The summed E-state index contributed by atoms with van der Waals surface area (Å²) in [5, 5.41) is 5.99. The molecule has 11 nitrogen and oxygen atoms in total. The molecule has 3 aliphatic rings. The Morgan fingerprint density at radius 1 is 0.889 bits per heavy atom. The van der Waals surface area contributed by atoms with Crippen LogP contribution in [0.2, 0.25) is 0 Å². The molecule has 1 aliphatic heterocycles. The highest BCUT2D eigenvalue weighted by atomic mass is 16.5. The second-order valence-electron chi connectivity index (χ2n) is 15.1. The van der Waals surface area contributed by atoms with Crippen molar-refractivity contribution in [1.29, 1.82) is 0 Å². The van der Waals surface area contributed by atoms with Crippen molar-refractivity contribution in [3.8, 4) is 11.1 Å². The van der Waals surface area contributed by atoms with Gasteiger partial charge in [-0.05, 0) is 90.8 Å². The third kappa shape index (κ3) is 9.30. The number of nitrogens with two attached hydrogens (primary N) is 2. The van der Waals surface area contributed by atoms with Crippen molar-refractivity contribution in [1.82, 2.24) is 15.5 Å². The number of aryl methyl sites for hydroxylation is 1. The average molecular weight is 738 g/mol. The van der Waals surface area contributed by atoms with Gasteiger partial charge in [0.25, 0.3) is 0 Å². The molecule has 0 spiro atoms. The predicted molar refractivity (Wildman–Crippen MR) is 207 cm³/mol. The maximum atomic E-state index is 14.2. The Morgan fingerprint density at radius 3 is 2.20 bits per heavy atom. The number of benzene rings is 3. The molecule has 3 aromatic rings. The van der Waals surface area contributed by atoms with E-state index in [2.05, 4.69) is 47.0 Å². The zero-order chi connectivity index (χ0) is 38.2. The minimum atomic E-state index is -0.831. The molecule has 6 rings (SSSR count). The van der Waals surface area contributed by atoms with Crippen LogP contribution < -0.4 is 22.1 Å². The molecule has 1 saturated carbocycles. The molecule has 11 heteroatoms. The van der Waals surface area contributed by atoms with Gasteiger partial charge in [-0.3, -0.25) is 14.4 Å². The number of hydrogen-bond acceptors (Lipinski definition) is 7. The van der Waals surface area contributed by atoms with Gasteiger partial charge in [-0.15, -0.1) is 0 Å². The monoisotopic (exact) mass is 737 g/mol. The smallest absolute Gasteiger partial charge is 0.407 e. The van der Waals surface area contributed by atoms with Crippen LogP contribution in [0.4, 0.5) is 4.79 Å². The van der Waals surface area contributed by atoms with Gasteiger partial charge < -0.3 is 36.5 Å². The van der Waals surface area contributed by atoms with E-state index in [0.717, 1.165) is 59.9 Å². The van der Waals surface area contributed by atoms with Crippen molar-refractivity contribution >= 4 is 23.8 Å². The fraction of sp³-hybridized carbons (Fsp3) is 0.488. The SMILES string of the molecule is CCCC[C@H](NC(=O)OCC1c2ccccc2-c2ccccc21)C(=O)N1C[C@H]2C[C@H]2[C@H]1C(=O)N[C@@H](CCC(N)=O)[C@@H](C)OCc1ccc(CCCN)cc1.